The van der Waals surface area contributed by atoms with E-state index in [1.54, 1.807) is 12.1 Å². The molecule has 13 heteroatoms. The summed E-state index contributed by atoms with van der Waals surface area (Å²) in [4.78, 5) is 36.9. The number of aromatic nitrogens is 3. The van der Waals surface area contributed by atoms with E-state index < -0.39 is 12.4 Å². The molecule has 0 spiro atoms. The number of carbonyl (C=O) groups is 2. The average molecular weight is 665 g/mol. The SMILES string of the molecule is Cc1cc(-c2ncn(-c3ccc(OC(F)(F)F)cc3)n2)ccc1NC(=O)/N=C1/CCC(c2cc(N(C)C)ccc2C(C)C)C(=O)CS1. The van der Waals surface area contributed by atoms with Gasteiger partial charge in [-0.3, -0.25) is 4.79 Å². The lowest BCUT2D eigenvalue weighted by Crippen LogP contribution is -2.17. The first-order valence-corrected chi connectivity index (χ1v) is 16.0. The number of nitrogens with one attached hydrogen (secondary N) is 1. The van der Waals surface area contributed by atoms with Gasteiger partial charge in [0.15, 0.2) is 11.6 Å². The van der Waals surface area contributed by atoms with E-state index in [2.05, 4.69) is 57.2 Å². The van der Waals surface area contributed by atoms with Gasteiger partial charge in [-0.25, -0.2) is 14.5 Å². The van der Waals surface area contributed by atoms with E-state index in [1.165, 1.54) is 47.0 Å². The summed E-state index contributed by atoms with van der Waals surface area (Å²) in [5.74, 6) is 0.458. The molecule has 0 radical (unpaired) electrons. The highest BCUT2D eigenvalue weighted by atomic mass is 32.2. The molecule has 5 rings (SSSR count). The van der Waals surface area contributed by atoms with Gasteiger partial charge in [-0.05, 0) is 97.0 Å². The van der Waals surface area contributed by atoms with Crippen LogP contribution in [0.5, 0.6) is 5.75 Å². The highest BCUT2D eigenvalue weighted by Gasteiger charge is 2.31. The predicted octanol–water partition coefficient (Wildman–Crippen LogP) is 8.14. The number of rotatable bonds is 7. The first-order chi connectivity index (χ1) is 22.3. The van der Waals surface area contributed by atoms with Crippen molar-refractivity contribution in [2.24, 2.45) is 4.99 Å². The summed E-state index contributed by atoms with van der Waals surface area (Å²) in [6.45, 7) is 6.09. The first-order valence-electron chi connectivity index (χ1n) is 15.0. The van der Waals surface area contributed by atoms with Gasteiger partial charge in [0.05, 0.1) is 16.5 Å². The van der Waals surface area contributed by atoms with Crippen molar-refractivity contribution in [2.75, 3.05) is 30.1 Å². The zero-order valence-corrected chi connectivity index (χ0v) is 27.4. The molecule has 9 nitrogen and oxygen atoms in total. The maximum atomic E-state index is 13.3. The lowest BCUT2D eigenvalue weighted by molar-refractivity contribution is -0.274. The van der Waals surface area contributed by atoms with E-state index in [-0.39, 0.29) is 29.1 Å². The topological polar surface area (TPSA) is 102 Å². The Labute approximate surface area is 275 Å². The molecule has 1 aliphatic rings. The third-order valence-corrected chi connectivity index (χ3v) is 8.84. The number of nitrogens with zero attached hydrogens (tertiary/aromatic N) is 5. The van der Waals surface area contributed by atoms with Crippen LogP contribution in [0.25, 0.3) is 17.1 Å². The molecule has 3 aromatic carbocycles. The van der Waals surface area contributed by atoms with Crippen molar-refractivity contribution < 1.29 is 27.5 Å². The van der Waals surface area contributed by atoms with Gasteiger partial charge in [0.25, 0.3) is 0 Å². The van der Waals surface area contributed by atoms with Crippen LogP contribution in [-0.4, -0.2) is 57.8 Å². The van der Waals surface area contributed by atoms with Crippen LogP contribution in [0.2, 0.25) is 0 Å². The fourth-order valence-electron chi connectivity index (χ4n) is 5.36. The largest absolute Gasteiger partial charge is 0.573 e. The van der Waals surface area contributed by atoms with Crippen LogP contribution in [0.3, 0.4) is 0 Å². The molecule has 1 atom stereocenters. The van der Waals surface area contributed by atoms with Crippen molar-refractivity contribution >= 4 is 40.0 Å². The molecule has 2 heterocycles. The van der Waals surface area contributed by atoms with Crippen LogP contribution in [0.4, 0.5) is 29.3 Å². The number of aliphatic imine (C=N–C) groups is 1. The van der Waals surface area contributed by atoms with E-state index in [4.69, 9.17) is 0 Å². The minimum atomic E-state index is -4.77. The summed E-state index contributed by atoms with van der Waals surface area (Å²) >= 11 is 1.32. The molecule has 0 saturated carbocycles. The van der Waals surface area contributed by atoms with Gasteiger partial charge in [0.2, 0.25) is 0 Å². The van der Waals surface area contributed by atoms with Gasteiger partial charge in [-0.1, -0.05) is 19.9 Å². The first kappa shape index (κ1) is 33.7. The summed E-state index contributed by atoms with van der Waals surface area (Å²) in [5.41, 5.74) is 5.76. The Bertz CT molecular complexity index is 1800. The number of ketones is 1. The summed E-state index contributed by atoms with van der Waals surface area (Å²) in [6.07, 6.45) is -2.22. The van der Waals surface area contributed by atoms with Crippen LogP contribution >= 0.6 is 11.8 Å². The predicted molar refractivity (Wildman–Crippen MR) is 179 cm³/mol. The van der Waals surface area contributed by atoms with Crippen molar-refractivity contribution in [3.63, 3.8) is 0 Å². The fraction of sp³-hybridized carbons (Fsp3) is 0.324. The molecule has 246 valence electrons. The molecule has 0 aliphatic carbocycles. The van der Waals surface area contributed by atoms with Gasteiger partial charge in [0.1, 0.15) is 12.1 Å². The molecule has 2 amide bonds. The Kier molecular flexibility index (Phi) is 10.0. The van der Waals surface area contributed by atoms with E-state index in [9.17, 15) is 22.8 Å². The molecule has 1 aliphatic heterocycles. The lowest BCUT2D eigenvalue weighted by Gasteiger charge is -2.23. The molecule has 0 bridgehead atoms. The standard InChI is InChI=1S/C34H35F3N6O3S/c1-20(2)26-12-9-24(42(4)5)17-28(26)27-13-15-31(47-18-30(27)44)40-33(45)39-29-14-6-22(16-21(29)3)32-38-19-43(41-32)23-7-10-25(11-8-23)46-34(35,36)37/h6-12,14,16-17,19-20,27H,13,15,18H2,1-5H3,(H,39,45)/b40-31-. The number of carbonyl (C=O) groups excluding carboxylic acids is 2. The number of hydrogen-bond donors (Lipinski definition) is 1. The van der Waals surface area contributed by atoms with Crippen molar-refractivity contribution in [3.8, 4) is 22.8 Å². The lowest BCUT2D eigenvalue weighted by atomic mass is 9.84. The molecular formula is C34H35F3N6O3S. The number of hydrogen-bond acceptors (Lipinski definition) is 7. The molecular weight excluding hydrogens is 629 g/mol. The van der Waals surface area contributed by atoms with Crippen molar-refractivity contribution in [3.05, 3.63) is 83.7 Å². The van der Waals surface area contributed by atoms with E-state index in [0.717, 1.165) is 22.4 Å². The monoisotopic (exact) mass is 664 g/mol. The Morgan fingerprint density at radius 2 is 1.85 bits per heavy atom. The maximum Gasteiger partial charge on any atom is 0.573 e. The molecule has 47 heavy (non-hydrogen) atoms. The minimum Gasteiger partial charge on any atom is -0.406 e. The second-order valence-electron chi connectivity index (χ2n) is 11.7. The van der Waals surface area contributed by atoms with Crippen LogP contribution in [0.15, 0.2) is 72.0 Å². The Balaban J connectivity index is 1.24. The summed E-state index contributed by atoms with van der Waals surface area (Å²) < 4.78 is 42.7. The van der Waals surface area contributed by atoms with E-state index in [1.807, 2.05) is 32.0 Å². The fourth-order valence-corrected chi connectivity index (χ4v) is 6.28. The molecule has 1 aromatic heterocycles. The van der Waals surface area contributed by atoms with Crippen LogP contribution < -0.4 is 15.0 Å². The number of anilines is 2. The third-order valence-electron chi connectivity index (χ3n) is 7.78. The summed E-state index contributed by atoms with van der Waals surface area (Å²) in [5, 5.41) is 7.90. The quantitative estimate of drug-likeness (QED) is 0.213. The van der Waals surface area contributed by atoms with Crippen molar-refractivity contribution in [1.29, 1.82) is 0 Å². The zero-order valence-electron chi connectivity index (χ0n) is 26.6. The highest BCUT2D eigenvalue weighted by Crippen LogP contribution is 2.36. The van der Waals surface area contributed by atoms with Gasteiger partial charge in [-0.2, -0.15) is 4.99 Å². The number of Topliss-reactive ketones (excluding diaryl/α,β-unsaturated/α-hetero) is 1. The van der Waals surface area contributed by atoms with Gasteiger partial charge >= 0.3 is 12.4 Å². The molecule has 4 aromatic rings. The third kappa shape index (κ3) is 8.39. The molecule has 1 unspecified atom stereocenters. The zero-order chi connectivity index (χ0) is 33.9. The van der Waals surface area contributed by atoms with Gasteiger partial charge in [0, 0.05) is 37.0 Å². The van der Waals surface area contributed by atoms with Crippen LogP contribution in [0.1, 0.15) is 55.2 Å². The van der Waals surface area contributed by atoms with Crippen molar-refractivity contribution in [2.45, 2.75) is 51.8 Å². The van der Waals surface area contributed by atoms with Crippen LogP contribution in [-0.2, 0) is 4.79 Å². The number of urea groups is 1. The Hall–Kier alpha value is -4.65. The number of alkyl halides is 3. The van der Waals surface area contributed by atoms with E-state index in [0.29, 0.717) is 40.6 Å². The number of halogens is 3. The molecule has 1 fully saturated rings. The number of thioether (sulfide) groups is 1. The average Bonchev–Trinajstić information content (AvgIpc) is 3.43. The minimum absolute atomic E-state index is 0.133. The molecule has 1 saturated heterocycles. The number of benzene rings is 3. The summed E-state index contributed by atoms with van der Waals surface area (Å²) in [6, 6.07) is 16.4. The maximum absolute atomic E-state index is 13.3. The number of amides is 2. The van der Waals surface area contributed by atoms with Crippen LogP contribution in [0, 0.1) is 6.92 Å². The normalized spacial score (nSPS) is 16.3. The number of ether oxygens (including phenoxy) is 1. The second kappa shape index (κ2) is 14.0. The van der Waals surface area contributed by atoms with Gasteiger partial charge < -0.3 is 15.0 Å². The molecule has 1 N–H and O–H groups in total. The highest BCUT2D eigenvalue weighted by molar-refractivity contribution is 8.14. The second-order valence-corrected chi connectivity index (χ2v) is 12.8. The summed E-state index contributed by atoms with van der Waals surface area (Å²) in [7, 11) is 3.96. The Morgan fingerprint density at radius 3 is 2.51 bits per heavy atom. The Morgan fingerprint density at radius 1 is 1.11 bits per heavy atom. The number of aryl methyl sites for hydroxylation is 1. The van der Waals surface area contributed by atoms with E-state index >= 15 is 0 Å². The van der Waals surface area contributed by atoms with Crippen molar-refractivity contribution in [1.82, 2.24) is 14.8 Å². The smallest absolute Gasteiger partial charge is 0.406 e. The van der Waals surface area contributed by atoms with Gasteiger partial charge in [-0.15, -0.1) is 30.0 Å².